The zero-order valence-corrected chi connectivity index (χ0v) is 14.6. The van der Waals surface area contributed by atoms with E-state index in [4.69, 9.17) is 4.74 Å². The van der Waals surface area contributed by atoms with Gasteiger partial charge in [0, 0.05) is 0 Å². The molecule has 130 valence electrons. The van der Waals surface area contributed by atoms with Crippen molar-refractivity contribution in [3.05, 3.63) is 29.8 Å². The van der Waals surface area contributed by atoms with Crippen LogP contribution in [0.3, 0.4) is 0 Å². The molecule has 0 aliphatic heterocycles. The number of hydrogen-bond acceptors (Lipinski definition) is 3. The van der Waals surface area contributed by atoms with Crippen LogP contribution < -0.4 is 0 Å². The van der Waals surface area contributed by atoms with Crippen LogP contribution in [-0.2, 0) is 14.9 Å². The van der Waals surface area contributed by atoms with E-state index in [1.54, 1.807) is 12.1 Å². The van der Waals surface area contributed by atoms with Crippen LogP contribution in [0.15, 0.2) is 24.3 Å². The number of carbonyl (C=O) groups excluding carboxylic acids is 1. The fourth-order valence-corrected chi connectivity index (χ4v) is 6.12. The number of phenols is 1. The highest BCUT2D eigenvalue weighted by Gasteiger charge is 2.61. The van der Waals surface area contributed by atoms with Gasteiger partial charge in [-0.1, -0.05) is 25.5 Å². The Bertz CT molecular complexity index is 604. The van der Waals surface area contributed by atoms with Gasteiger partial charge >= 0.3 is 5.97 Å². The molecule has 2 unspecified atom stereocenters. The molecular weight excluding hydrogens is 300 g/mol. The number of esters is 1. The maximum absolute atomic E-state index is 12.9. The maximum atomic E-state index is 12.9. The molecule has 4 fully saturated rings. The Morgan fingerprint density at radius 1 is 1.17 bits per heavy atom. The second kappa shape index (κ2) is 5.79. The Morgan fingerprint density at radius 2 is 1.83 bits per heavy atom. The first-order valence-electron chi connectivity index (χ1n) is 9.52. The fourth-order valence-electron chi connectivity index (χ4n) is 6.12. The SMILES string of the molecule is CCCCOC(=O)C12CC3CC(C1)CC(c1ccc(O)cc1)(C3)C2. The van der Waals surface area contributed by atoms with Gasteiger partial charge in [0.2, 0.25) is 0 Å². The van der Waals surface area contributed by atoms with Crippen molar-refractivity contribution >= 4 is 5.97 Å². The standard InChI is InChI=1S/C21H28O3/c1-2-3-8-24-19(23)21-12-15-9-16(13-21)11-20(10-15,14-21)17-4-6-18(22)7-5-17/h4-7,15-16,22H,2-3,8-14H2,1H3. The van der Waals surface area contributed by atoms with Gasteiger partial charge in [0.05, 0.1) is 12.0 Å². The fraction of sp³-hybridized carbons (Fsp3) is 0.667. The summed E-state index contributed by atoms with van der Waals surface area (Å²) in [6.07, 6.45) is 8.66. The summed E-state index contributed by atoms with van der Waals surface area (Å²) >= 11 is 0. The van der Waals surface area contributed by atoms with E-state index in [2.05, 4.69) is 19.1 Å². The van der Waals surface area contributed by atoms with Crippen molar-refractivity contribution in [3.63, 3.8) is 0 Å². The van der Waals surface area contributed by atoms with Crippen LogP contribution in [0.5, 0.6) is 5.75 Å². The number of carbonyl (C=O) groups is 1. The molecule has 0 saturated heterocycles. The molecule has 0 amide bonds. The van der Waals surface area contributed by atoms with Crippen molar-refractivity contribution in [2.45, 2.75) is 63.7 Å². The Balaban J connectivity index is 1.62. The largest absolute Gasteiger partial charge is 0.508 e. The van der Waals surface area contributed by atoms with Crippen molar-refractivity contribution in [2.24, 2.45) is 17.3 Å². The smallest absolute Gasteiger partial charge is 0.312 e. The van der Waals surface area contributed by atoms with E-state index in [-0.39, 0.29) is 16.8 Å². The van der Waals surface area contributed by atoms with Gasteiger partial charge in [-0.2, -0.15) is 0 Å². The summed E-state index contributed by atoms with van der Waals surface area (Å²) in [5, 5.41) is 9.62. The van der Waals surface area contributed by atoms with Crippen LogP contribution in [0.4, 0.5) is 0 Å². The average molecular weight is 328 g/mol. The molecule has 0 heterocycles. The minimum absolute atomic E-state index is 0.0632. The zero-order valence-electron chi connectivity index (χ0n) is 14.6. The van der Waals surface area contributed by atoms with Crippen molar-refractivity contribution in [1.29, 1.82) is 0 Å². The predicted molar refractivity (Wildman–Crippen MR) is 92.8 cm³/mol. The number of phenolic OH excluding ortho intramolecular Hbond substituents is 1. The number of rotatable bonds is 5. The molecule has 3 nitrogen and oxygen atoms in total. The van der Waals surface area contributed by atoms with Gasteiger partial charge in [0.15, 0.2) is 0 Å². The molecule has 24 heavy (non-hydrogen) atoms. The molecular formula is C21H28O3. The average Bonchev–Trinajstić information content (AvgIpc) is 2.54. The van der Waals surface area contributed by atoms with Crippen LogP contribution in [0.1, 0.15) is 63.9 Å². The summed E-state index contributed by atoms with van der Waals surface area (Å²) in [6, 6.07) is 7.72. The maximum Gasteiger partial charge on any atom is 0.312 e. The summed E-state index contributed by atoms with van der Waals surface area (Å²) in [7, 11) is 0. The summed E-state index contributed by atoms with van der Waals surface area (Å²) < 4.78 is 5.69. The second-order valence-electron chi connectivity index (χ2n) is 8.56. The first-order chi connectivity index (χ1) is 11.6. The highest BCUT2D eigenvalue weighted by Crippen LogP contribution is 2.66. The first kappa shape index (κ1) is 16.0. The molecule has 4 saturated carbocycles. The van der Waals surface area contributed by atoms with Gasteiger partial charge in [-0.3, -0.25) is 4.79 Å². The van der Waals surface area contributed by atoms with Crippen molar-refractivity contribution in [1.82, 2.24) is 0 Å². The normalized spacial score (nSPS) is 36.7. The number of aromatic hydroxyl groups is 1. The number of benzene rings is 1. The van der Waals surface area contributed by atoms with E-state index in [0.717, 1.165) is 32.1 Å². The molecule has 4 aliphatic rings. The summed E-state index contributed by atoms with van der Waals surface area (Å²) in [4.78, 5) is 12.9. The molecule has 5 rings (SSSR count). The van der Waals surface area contributed by atoms with Gasteiger partial charge in [-0.15, -0.1) is 0 Å². The minimum atomic E-state index is -0.254. The summed E-state index contributed by atoms with van der Waals surface area (Å²) in [5.74, 6) is 1.68. The molecule has 0 radical (unpaired) electrons. The van der Waals surface area contributed by atoms with Crippen LogP contribution in [0, 0.1) is 17.3 Å². The second-order valence-corrected chi connectivity index (χ2v) is 8.56. The molecule has 4 bridgehead atoms. The lowest BCUT2D eigenvalue weighted by atomic mass is 9.43. The molecule has 1 N–H and O–H groups in total. The Morgan fingerprint density at radius 3 is 2.46 bits per heavy atom. The summed E-state index contributed by atoms with van der Waals surface area (Å²) in [5.41, 5.74) is 1.16. The molecule has 2 atom stereocenters. The van der Waals surface area contributed by atoms with Crippen LogP contribution in [-0.4, -0.2) is 17.7 Å². The van der Waals surface area contributed by atoms with E-state index in [1.165, 1.54) is 24.8 Å². The third-order valence-electron chi connectivity index (χ3n) is 6.70. The quantitative estimate of drug-likeness (QED) is 0.636. The number of unbranched alkanes of at least 4 members (excludes halogenated alkanes) is 1. The highest BCUT2D eigenvalue weighted by atomic mass is 16.5. The van der Waals surface area contributed by atoms with E-state index in [1.807, 2.05) is 0 Å². The molecule has 4 aliphatic carbocycles. The van der Waals surface area contributed by atoms with Crippen molar-refractivity contribution in [2.75, 3.05) is 6.61 Å². The highest BCUT2D eigenvalue weighted by molar-refractivity contribution is 5.78. The third-order valence-corrected chi connectivity index (χ3v) is 6.70. The Kier molecular flexibility index (Phi) is 3.85. The molecule has 1 aromatic carbocycles. The van der Waals surface area contributed by atoms with Gasteiger partial charge in [-0.25, -0.2) is 0 Å². The van der Waals surface area contributed by atoms with Gasteiger partial charge in [0.25, 0.3) is 0 Å². The van der Waals surface area contributed by atoms with Crippen LogP contribution in [0.2, 0.25) is 0 Å². The molecule has 0 spiro atoms. The monoisotopic (exact) mass is 328 g/mol. The first-order valence-corrected chi connectivity index (χ1v) is 9.52. The minimum Gasteiger partial charge on any atom is -0.508 e. The van der Waals surface area contributed by atoms with E-state index < -0.39 is 0 Å². The lowest BCUT2D eigenvalue weighted by Gasteiger charge is -2.61. The lowest BCUT2D eigenvalue weighted by Crippen LogP contribution is -2.57. The van der Waals surface area contributed by atoms with Crippen molar-refractivity contribution in [3.8, 4) is 5.75 Å². The third kappa shape index (κ3) is 2.53. The van der Waals surface area contributed by atoms with Crippen molar-refractivity contribution < 1.29 is 14.6 Å². The van der Waals surface area contributed by atoms with Crippen LogP contribution >= 0.6 is 0 Å². The zero-order chi connectivity index (χ0) is 16.8. The lowest BCUT2D eigenvalue weighted by molar-refractivity contribution is -0.174. The van der Waals surface area contributed by atoms with Gasteiger partial charge < -0.3 is 9.84 Å². The van der Waals surface area contributed by atoms with Crippen LogP contribution in [0.25, 0.3) is 0 Å². The molecule has 3 heteroatoms. The number of ether oxygens (including phenoxy) is 1. The predicted octanol–water partition coefficient (Wildman–Crippen LogP) is 4.57. The van der Waals surface area contributed by atoms with Gasteiger partial charge in [-0.05, 0) is 79.9 Å². The molecule has 1 aromatic rings. The van der Waals surface area contributed by atoms with Gasteiger partial charge in [0.1, 0.15) is 5.75 Å². The molecule has 0 aromatic heterocycles. The van der Waals surface area contributed by atoms with E-state index >= 15 is 0 Å². The topological polar surface area (TPSA) is 46.5 Å². The van der Waals surface area contributed by atoms with E-state index in [9.17, 15) is 9.90 Å². The number of hydrogen-bond donors (Lipinski definition) is 1. The Labute approximate surface area is 144 Å². The Hall–Kier alpha value is -1.51. The summed E-state index contributed by atoms with van der Waals surface area (Å²) in [6.45, 7) is 2.69. The van der Waals surface area contributed by atoms with E-state index in [0.29, 0.717) is 24.2 Å².